The number of aromatic nitrogens is 3. The van der Waals surface area contributed by atoms with Gasteiger partial charge in [0.1, 0.15) is 0 Å². The van der Waals surface area contributed by atoms with E-state index in [9.17, 15) is 0 Å². The topological polar surface area (TPSA) is 81.2 Å². The number of para-hydroxylation sites is 1. The lowest BCUT2D eigenvalue weighted by molar-refractivity contribution is 0.174. The summed E-state index contributed by atoms with van der Waals surface area (Å²) in [4.78, 5) is 4.37. The van der Waals surface area contributed by atoms with E-state index in [0.29, 0.717) is 28.3 Å². The maximum atomic E-state index is 6.13. The first-order valence-corrected chi connectivity index (χ1v) is 7.54. The molecule has 1 aliphatic heterocycles. The van der Waals surface area contributed by atoms with Crippen molar-refractivity contribution in [1.29, 1.82) is 0 Å². The Kier molecular flexibility index (Phi) is 3.76. The molecule has 0 aliphatic carbocycles. The van der Waals surface area contributed by atoms with Gasteiger partial charge >= 0.3 is 0 Å². The number of fused-ring (bicyclic) bond motifs is 1. The van der Waals surface area contributed by atoms with Gasteiger partial charge in [0.05, 0.1) is 16.9 Å². The maximum absolute atomic E-state index is 6.13. The Balaban J connectivity index is 1.53. The van der Waals surface area contributed by atoms with E-state index in [-0.39, 0.29) is 6.79 Å². The normalized spacial score (nSPS) is 12.0. The molecule has 7 nitrogen and oxygen atoms in total. The average Bonchev–Trinajstić information content (AvgIpc) is 3.05. The largest absolute Gasteiger partial charge is 0.454 e. The van der Waals surface area contributed by atoms with Gasteiger partial charge in [-0.2, -0.15) is 10.1 Å². The Morgan fingerprint density at radius 2 is 1.88 bits per heavy atom. The minimum atomic E-state index is 0.230. The number of hydrogen-bond donors (Lipinski definition) is 2. The summed E-state index contributed by atoms with van der Waals surface area (Å²) in [5, 5.41) is 14.7. The minimum Gasteiger partial charge on any atom is -0.454 e. The van der Waals surface area contributed by atoms with Gasteiger partial charge in [0.15, 0.2) is 17.3 Å². The van der Waals surface area contributed by atoms with Crippen molar-refractivity contribution in [2.24, 2.45) is 0 Å². The minimum absolute atomic E-state index is 0.230. The number of ether oxygens (including phenoxy) is 2. The molecule has 1 aliphatic rings. The summed E-state index contributed by atoms with van der Waals surface area (Å²) in [6, 6.07) is 12.9. The number of hydrogen-bond acceptors (Lipinski definition) is 7. The summed E-state index contributed by atoms with van der Waals surface area (Å²) >= 11 is 6.13. The highest BCUT2D eigenvalue weighted by atomic mass is 35.5. The third-order valence-corrected chi connectivity index (χ3v) is 3.65. The van der Waals surface area contributed by atoms with Crippen molar-refractivity contribution in [3.8, 4) is 11.5 Å². The first kappa shape index (κ1) is 14.5. The van der Waals surface area contributed by atoms with Crippen LogP contribution in [-0.4, -0.2) is 22.0 Å². The van der Waals surface area contributed by atoms with Crippen molar-refractivity contribution in [1.82, 2.24) is 15.2 Å². The molecule has 0 saturated carbocycles. The molecule has 2 heterocycles. The summed E-state index contributed by atoms with van der Waals surface area (Å²) in [6.07, 6.45) is 1.52. The smallest absolute Gasteiger partial charge is 0.249 e. The number of benzene rings is 2. The van der Waals surface area contributed by atoms with Gasteiger partial charge in [-0.25, -0.2) is 0 Å². The van der Waals surface area contributed by atoms with E-state index in [2.05, 4.69) is 25.8 Å². The molecule has 0 saturated heterocycles. The Hall–Kier alpha value is -3.06. The zero-order valence-electron chi connectivity index (χ0n) is 12.4. The highest BCUT2D eigenvalue weighted by Crippen LogP contribution is 2.34. The second-order valence-corrected chi connectivity index (χ2v) is 5.37. The SMILES string of the molecule is Clc1ccccc1Nc1cnnc(Nc2ccc3c(c2)OCO3)n1. The van der Waals surface area contributed by atoms with Gasteiger partial charge in [0.25, 0.3) is 0 Å². The zero-order chi connectivity index (χ0) is 16.4. The second kappa shape index (κ2) is 6.21. The van der Waals surface area contributed by atoms with Crippen LogP contribution < -0.4 is 20.1 Å². The average molecular weight is 342 g/mol. The highest BCUT2D eigenvalue weighted by Gasteiger charge is 2.13. The maximum Gasteiger partial charge on any atom is 0.249 e. The van der Waals surface area contributed by atoms with Crippen LogP contribution in [0.5, 0.6) is 11.5 Å². The van der Waals surface area contributed by atoms with Crippen LogP contribution in [0.25, 0.3) is 0 Å². The highest BCUT2D eigenvalue weighted by molar-refractivity contribution is 6.33. The Labute approximate surface area is 142 Å². The summed E-state index contributed by atoms with van der Waals surface area (Å²) in [5.74, 6) is 2.28. The molecule has 0 spiro atoms. The molecule has 0 bridgehead atoms. The molecule has 0 amide bonds. The number of anilines is 4. The van der Waals surface area contributed by atoms with Crippen LogP contribution in [0.15, 0.2) is 48.7 Å². The standard InChI is InChI=1S/C16H12ClN5O2/c17-11-3-1-2-4-12(11)20-15-8-18-22-16(21-15)19-10-5-6-13-14(7-10)24-9-23-13/h1-8H,9H2,(H2,19,20,21,22). The molecule has 24 heavy (non-hydrogen) atoms. The van der Waals surface area contributed by atoms with Crippen LogP contribution in [-0.2, 0) is 0 Å². The molecule has 0 atom stereocenters. The van der Waals surface area contributed by atoms with E-state index in [0.717, 1.165) is 11.4 Å². The molecule has 0 unspecified atom stereocenters. The first-order chi connectivity index (χ1) is 11.8. The van der Waals surface area contributed by atoms with Crippen molar-refractivity contribution in [3.05, 3.63) is 53.7 Å². The van der Waals surface area contributed by atoms with Gasteiger partial charge in [-0.05, 0) is 24.3 Å². The zero-order valence-corrected chi connectivity index (χ0v) is 13.1. The fourth-order valence-electron chi connectivity index (χ4n) is 2.22. The van der Waals surface area contributed by atoms with E-state index < -0.39 is 0 Å². The van der Waals surface area contributed by atoms with Crippen molar-refractivity contribution in [2.75, 3.05) is 17.4 Å². The molecule has 0 radical (unpaired) electrons. The summed E-state index contributed by atoms with van der Waals surface area (Å²) in [6.45, 7) is 0.230. The molecule has 4 rings (SSSR count). The Morgan fingerprint density at radius 1 is 1.00 bits per heavy atom. The molecular formula is C16H12ClN5O2. The van der Waals surface area contributed by atoms with Crippen LogP contribution in [0.4, 0.5) is 23.1 Å². The van der Waals surface area contributed by atoms with Gasteiger partial charge in [-0.3, -0.25) is 0 Å². The summed E-state index contributed by atoms with van der Waals surface area (Å²) in [7, 11) is 0. The Morgan fingerprint density at radius 3 is 2.79 bits per heavy atom. The molecule has 3 aromatic rings. The van der Waals surface area contributed by atoms with Crippen molar-refractivity contribution >= 4 is 34.7 Å². The molecule has 2 N–H and O–H groups in total. The van der Waals surface area contributed by atoms with Gasteiger partial charge < -0.3 is 20.1 Å². The van der Waals surface area contributed by atoms with Gasteiger partial charge in [-0.15, -0.1) is 5.10 Å². The predicted octanol–water partition coefficient (Wildman–Crippen LogP) is 3.74. The molecule has 0 fully saturated rings. The van der Waals surface area contributed by atoms with Crippen LogP contribution in [0.3, 0.4) is 0 Å². The quantitative estimate of drug-likeness (QED) is 0.748. The fourth-order valence-corrected chi connectivity index (χ4v) is 2.40. The number of rotatable bonds is 4. The third kappa shape index (κ3) is 3.02. The van der Waals surface area contributed by atoms with Crippen LogP contribution >= 0.6 is 11.6 Å². The van der Waals surface area contributed by atoms with Crippen LogP contribution in [0, 0.1) is 0 Å². The van der Waals surface area contributed by atoms with E-state index in [1.165, 1.54) is 6.20 Å². The molecule has 1 aromatic heterocycles. The van der Waals surface area contributed by atoms with E-state index in [1.54, 1.807) is 6.07 Å². The monoisotopic (exact) mass is 341 g/mol. The second-order valence-electron chi connectivity index (χ2n) is 4.96. The molecular weight excluding hydrogens is 330 g/mol. The van der Waals surface area contributed by atoms with Crippen molar-refractivity contribution < 1.29 is 9.47 Å². The number of halogens is 1. The van der Waals surface area contributed by atoms with Gasteiger partial charge in [-0.1, -0.05) is 23.7 Å². The predicted molar refractivity (Wildman–Crippen MR) is 90.4 cm³/mol. The third-order valence-electron chi connectivity index (χ3n) is 3.32. The molecule has 2 aromatic carbocycles. The Bertz CT molecular complexity index is 890. The number of nitrogens with one attached hydrogen (secondary N) is 2. The lowest BCUT2D eigenvalue weighted by Gasteiger charge is -2.09. The van der Waals surface area contributed by atoms with E-state index in [4.69, 9.17) is 21.1 Å². The van der Waals surface area contributed by atoms with Crippen LogP contribution in [0.1, 0.15) is 0 Å². The lowest BCUT2D eigenvalue weighted by Crippen LogP contribution is -2.02. The number of nitrogens with zero attached hydrogens (tertiary/aromatic N) is 3. The van der Waals surface area contributed by atoms with Gasteiger partial charge in [0.2, 0.25) is 12.7 Å². The molecule has 8 heteroatoms. The molecule has 120 valence electrons. The van der Waals surface area contributed by atoms with Crippen LogP contribution in [0.2, 0.25) is 5.02 Å². The van der Waals surface area contributed by atoms with E-state index >= 15 is 0 Å². The van der Waals surface area contributed by atoms with Crippen molar-refractivity contribution in [3.63, 3.8) is 0 Å². The summed E-state index contributed by atoms with van der Waals surface area (Å²) in [5.41, 5.74) is 1.52. The van der Waals surface area contributed by atoms with E-state index in [1.807, 2.05) is 36.4 Å². The first-order valence-electron chi connectivity index (χ1n) is 7.16. The van der Waals surface area contributed by atoms with Gasteiger partial charge in [0, 0.05) is 11.8 Å². The summed E-state index contributed by atoms with van der Waals surface area (Å²) < 4.78 is 10.6. The fraction of sp³-hybridized carbons (Fsp3) is 0.0625. The van der Waals surface area contributed by atoms with Crippen molar-refractivity contribution in [2.45, 2.75) is 0 Å². The lowest BCUT2D eigenvalue weighted by atomic mass is 10.3.